The molecule has 0 spiro atoms. The zero-order valence-corrected chi connectivity index (χ0v) is 13.1. The van der Waals surface area contributed by atoms with E-state index in [0.717, 1.165) is 18.5 Å². The summed E-state index contributed by atoms with van der Waals surface area (Å²) in [5.41, 5.74) is 1.23. The number of amides is 2. The molecule has 2 heterocycles. The molecule has 0 atom stereocenters. The number of aryl methyl sites for hydroxylation is 1. The third-order valence-electron chi connectivity index (χ3n) is 3.69. The van der Waals surface area contributed by atoms with Crippen molar-refractivity contribution in [2.24, 2.45) is 0 Å². The third-order valence-corrected chi connectivity index (χ3v) is 4.00. The van der Waals surface area contributed by atoms with Crippen LogP contribution in [0.25, 0.3) is 0 Å². The largest absolute Gasteiger partial charge is 0.353 e. The lowest BCUT2D eigenvalue weighted by Gasteiger charge is -2.32. The summed E-state index contributed by atoms with van der Waals surface area (Å²) in [7, 11) is 0. The van der Waals surface area contributed by atoms with Gasteiger partial charge in [0.25, 0.3) is 5.91 Å². The summed E-state index contributed by atoms with van der Waals surface area (Å²) < 4.78 is 0. The van der Waals surface area contributed by atoms with Crippen molar-refractivity contribution < 1.29 is 9.59 Å². The first kappa shape index (κ1) is 15.8. The number of nitrogens with one attached hydrogen (secondary N) is 1. The fraction of sp³-hybridized carbons (Fsp3) is 0.533. The normalized spacial score (nSPS) is 15.9. The lowest BCUT2D eigenvalue weighted by molar-refractivity contribution is -0.121. The number of pyridine rings is 1. The zero-order valence-electron chi connectivity index (χ0n) is 12.4. The predicted molar refractivity (Wildman–Crippen MR) is 81.3 cm³/mol. The number of aromatic nitrogens is 1. The van der Waals surface area contributed by atoms with Crippen LogP contribution in [0, 0.1) is 6.92 Å². The summed E-state index contributed by atoms with van der Waals surface area (Å²) in [4.78, 5) is 29.7. The molecule has 1 aliphatic rings. The molecule has 1 aromatic heterocycles. The van der Waals surface area contributed by atoms with E-state index in [1.165, 1.54) is 6.20 Å². The summed E-state index contributed by atoms with van der Waals surface area (Å²) in [6.07, 6.45) is 3.57. The van der Waals surface area contributed by atoms with Crippen LogP contribution in [0.4, 0.5) is 0 Å². The van der Waals surface area contributed by atoms with E-state index >= 15 is 0 Å². The second-order valence-corrected chi connectivity index (χ2v) is 5.70. The highest BCUT2D eigenvalue weighted by atomic mass is 35.5. The molecular formula is C15H20ClN3O2. The van der Waals surface area contributed by atoms with Crippen molar-refractivity contribution in [3.05, 3.63) is 28.5 Å². The zero-order chi connectivity index (χ0) is 15.4. The van der Waals surface area contributed by atoms with Gasteiger partial charge in [-0.15, -0.1) is 0 Å². The van der Waals surface area contributed by atoms with Gasteiger partial charge in [0.2, 0.25) is 5.91 Å². The van der Waals surface area contributed by atoms with Crippen molar-refractivity contribution in [1.29, 1.82) is 0 Å². The van der Waals surface area contributed by atoms with Crippen molar-refractivity contribution in [2.45, 2.75) is 39.2 Å². The Labute approximate surface area is 129 Å². The van der Waals surface area contributed by atoms with Crippen LogP contribution < -0.4 is 5.32 Å². The van der Waals surface area contributed by atoms with Crippen LogP contribution in [-0.2, 0) is 4.79 Å². The minimum atomic E-state index is -0.0900. The number of hydrogen-bond donors (Lipinski definition) is 1. The quantitative estimate of drug-likeness (QED) is 0.931. The molecule has 0 unspecified atom stereocenters. The van der Waals surface area contributed by atoms with Gasteiger partial charge in [-0.2, -0.15) is 0 Å². The Kier molecular flexibility index (Phi) is 5.17. The van der Waals surface area contributed by atoms with E-state index in [9.17, 15) is 9.59 Å². The minimum absolute atomic E-state index is 0.0607. The van der Waals surface area contributed by atoms with Gasteiger partial charge in [0.05, 0.1) is 10.6 Å². The fourth-order valence-electron chi connectivity index (χ4n) is 2.41. The van der Waals surface area contributed by atoms with Crippen LogP contribution in [-0.4, -0.2) is 40.8 Å². The van der Waals surface area contributed by atoms with E-state index in [1.54, 1.807) is 11.0 Å². The second kappa shape index (κ2) is 6.89. The Morgan fingerprint density at radius 1 is 1.43 bits per heavy atom. The Balaban J connectivity index is 1.95. The van der Waals surface area contributed by atoms with Crippen LogP contribution in [0.5, 0.6) is 0 Å². The first-order valence-corrected chi connectivity index (χ1v) is 7.59. The lowest BCUT2D eigenvalue weighted by atomic mass is 10.0. The SMILES string of the molecule is CCC(=O)NC1CCN(C(=O)c2cnc(C)cc2Cl)CC1. The molecule has 1 N–H and O–H groups in total. The van der Waals surface area contributed by atoms with E-state index in [0.29, 0.717) is 30.1 Å². The first-order chi connectivity index (χ1) is 10.0. The molecule has 21 heavy (non-hydrogen) atoms. The van der Waals surface area contributed by atoms with Gasteiger partial charge in [0.1, 0.15) is 0 Å². The molecule has 2 amide bonds. The lowest BCUT2D eigenvalue weighted by Crippen LogP contribution is -2.46. The van der Waals surface area contributed by atoms with Gasteiger partial charge < -0.3 is 10.2 Å². The van der Waals surface area contributed by atoms with E-state index in [-0.39, 0.29) is 17.9 Å². The van der Waals surface area contributed by atoms with Gasteiger partial charge in [-0.05, 0) is 25.8 Å². The Morgan fingerprint density at radius 3 is 2.67 bits per heavy atom. The molecule has 5 nitrogen and oxygen atoms in total. The van der Waals surface area contributed by atoms with Gasteiger partial charge in [0, 0.05) is 37.4 Å². The summed E-state index contributed by atoms with van der Waals surface area (Å²) >= 11 is 6.12. The number of carbonyl (C=O) groups excluding carboxylic acids is 2. The Hall–Kier alpha value is -1.62. The molecule has 0 bridgehead atoms. The average molecular weight is 310 g/mol. The van der Waals surface area contributed by atoms with Crippen molar-refractivity contribution in [3.63, 3.8) is 0 Å². The van der Waals surface area contributed by atoms with Crippen LogP contribution in [0.3, 0.4) is 0 Å². The van der Waals surface area contributed by atoms with Crippen LogP contribution in [0.1, 0.15) is 42.2 Å². The summed E-state index contributed by atoms with van der Waals surface area (Å²) in [6, 6.07) is 1.86. The van der Waals surface area contributed by atoms with E-state index in [1.807, 2.05) is 13.8 Å². The van der Waals surface area contributed by atoms with E-state index in [2.05, 4.69) is 10.3 Å². The van der Waals surface area contributed by atoms with Crippen molar-refractivity contribution in [1.82, 2.24) is 15.2 Å². The summed E-state index contributed by atoms with van der Waals surface area (Å²) in [5, 5.41) is 3.41. The molecule has 0 aromatic carbocycles. The van der Waals surface area contributed by atoms with Gasteiger partial charge in [-0.3, -0.25) is 14.6 Å². The number of piperidine rings is 1. The molecule has 1 saturated heterocycles. The maximum Gasteiger partial charge on any atom is 0.256 e. The van der Waals surface area contributed by atoms with Crippen LogP contribution >= 0.6 is 11.6 Å². The topological polar surface area (TPSA) is 62.3 Å². The molecule has 2 rings (SSSR count). The van der Waals surface area contributed by atoms with Crippen LogP contribution in [0.2, 0.25) is 5.02 Å². The van der Waals surface area contributed by atoms with Gasteiger partial charge in [0.15, 0.2) is 0 Å². The second-order valence-electron chi connectivity index (χ2n) is 5.29. The first-order valence-electron chi connectivity index (χ1n) is 7.22. The number of carbonyl (C=O) groups is 2. The molecule has 1 aliphatic heterocycles. The predicted octanol–water partition coefficient (Wildman–Crippen LogP) is 2.17. The Bertz CT molecular complexity index is 540. The smallest absolute Gasteiger partial charge is 0.256 e. The molecule has 1 aromatic rings. The number of rotatable bonds is 3. The molecular weight excluding hydrogens is 290 g/mol. The number of halogens is 1. The number of nitrogens with zero attached hydrogens (tertiary/aromatic N) is 2. The Morgan fingerprint density at radius 2 is 2.10 bits per heavy atom. The minimum Gasteiger partial charge on any atom is -0.353 e. The van der Waals surface area contributed by atoms with Crippen molar-refractivity contribution in [3.8, 4) is 0 Å². The van der Waals surface area contributed by atoms with Gasteiger partial charge in [-0.25, -0.2) is 0 Å². The van der Waals surface area contributed by atoms with Crippen LogP contribution in [0.15, 0.2) is 12.3 Å². The summed E-state index contributed by atoms with van der Waals surface area (Å²) in [5.74, 6) is -0.0293. The summed E-state index contributed by atoms with van der Waals surface area (Å²) in [6.45, 7) is 4.91. The van der Waals surface area contributed by atoms with E-state index < -0.39 is 0 Å². The molecule has 0 saturated carbocycles. The fourth-order valence-corrected chi connectivity index (χ4v) is 2.70. The highest BCUT2D eigenvalue weighted by Gasteiger charge is 2.25. The van der Waals surface area contributed by atoms with Crippen molar-refractivity contribution in [2.75, 3.05) is 13.1 Å². The van der Waals surface area contributed by atoms with Gasteiger partial charge in [-0.1, -0.05) is 18.5 Å². The number of hydrogen-bond acceptors (Lipinski definition) is 3. The molecule has 114 valence electrons. The maximum atomic E-state index is 12.4. The monoisotopic (exact) mass is 309 g/mol. The molecule has 0 aliphatic carbocycles. The third kappa shape index (κ3) is 3.94. The highest BCUT2D eigenvalue weighted by Crippen LogP contribution is 2.20. The maximum absolute atomic E-state index is 12.4. The van der Waals surface area contributed by atoms with Crippen molar-refractivity contribution >= 4 is 23.4 Å². The molecule has 6 heteroatoms. The van der Waals surface area contributed by atoms with Gasteiger partial charge >= 0.3 is 0 Å². The van der Waals surface area contributed by atoms with E-state index in [4.69, 9.17) is 11.6 Å². The number of likely N-dealkylation sites (tertiary alicyclic amines) is 1. The molecule has 0 radical (unpaired) electrons. The molecule has 1 fully saturated rings. The highest BCUT2D eigenvalue weighted by molar-refractivity contribution is 6.33. The standard InChI is InChI=1S/C15H20ClN3O2/c1-3-14(20)18-11-4-6-19(7-5-11)15(21)12-9-17-10(2)8-13(12)16/h8-9,11H,3-7H2,1-2H3,(H,18,20). The average Bonchev–Trinajstić information content (AvgIpc) is 2.47.